The summed E-state index contributed by atoms with van der Waals surface area (Å²) >= 11 is 3.45. The minimum Gasteiger partial charge on any atom is -0.370 e. The predicted octanol–water partition coefficient (Wildman–Crippen LogP) is 5.01. The van der Waals surface area contributed by atoms with E-state index in [1.807, 2.05) is 31.5 Å². The Morgan fingerprint density at radius 3 is 2.81 bits per heavy atom. The Morgan fingerprint density at radius 2 is 2.15 bits per heavy atom. The van der Waals surface area contributed by atoms with Crippen molar-refractivity contribution in [1.29, 1.82) is 0 Å². The molecule has 5 nitrogen and oxygen atoms in total. The van der Waals surface area contributed by atoms with Crippen molar-refractivity contribution in [2.24, 2.45) is 0 Å². The third kappa shape index (κ3) is 3.56. The molecule has 0 unspecified atom stereocenters. The standard InChI is InChI=1S/C20H24N4OS2/c1-11(2)10-26-17-16-14-8-20(5,6)25-9-15(14)27-18(16)22-19(21-17)24-13(4)7-12(3)23-24/h7H,1,8-10H2,2-6H3. The van der Waals surface area contributed by atoms with Crippen LogP contribution in [-0.2, 0) is 17.8 Å². The number of hydrogen-bond acceptors (Lipinski definition) is 6. The van der Waals surface area contributed by atoms with Crippen LogP contribution in [0.4, 0.5) is 0 Å². The van der Waals surface area contributed by atoms with E-state index in [4.69, 9.17) is 14.7 Å². The van der Waals surface area contributed by atoms with Gasteiger partial charge in [0.1, 0.15) is 9.86 Å². The van der Waals surface area contributed by atoms with Gasteiger partial charge in [-0.2, -0.15) is 10.1 Å². The van der Waals surface area contributed by atoms with Crippen molar-refractivity contribution in [2.45, 2.75) is 58.3 Å². The smallest absolute Gasteiger partial charge is 0.253 e. The summed E-state index contributed by atoms with van der Waals surface area (Å²) in [6, 6.07) is 2.05. The highest BCUT2D eigenvalue weighted by Gasteiger charge is 2.31. The fourth-order valence-corrected chi connectivity index (χ4v) is 5.38. The Balaban J connectivity index is 1.91. The number of thiophene rings is 1. The monoisotopic (exact) mass is 400 g/mol. The molecule has 0 aromatic carbocycles. The van der Waals surface area contributed by atoms with Gasteiger partial charge in [-0.25, -0.2) is 9.67 Å². The van der Waals surface area contributed by atoms with Gasteiger partial charge in [-0.15, -0.1) is 23.1 Å². The topological polar surface area (TPSA) is 52.8 Å². The first-order valence-electron chi connectivity index (χ1n) is 9.00. The van der Waals surface area contributed by atoms with E-state index >= 15 is 0 Å². The van der Waals surface area contributed by atoms with E-state index in [-0.39, 0.29) is 5.60 Å². The lowest BCUT2D eigenvalue weighted by Gasteiger charge is -2.30. The average molecular weight is 401 g/mol. The molecule has 0 fully saturated rings. The molecule has 1 aliphatic heterocycles. The number of hydrogen-bond donors (Lipinski definition) is 0. The summed E-state index contributed by atoms with van der Waals surface area (Å²) in [7, 11) is 0. The van der Waals surface area contributed by atoms with Crippen LogP contribution in [0.3, 0.4) is 0 Å². The van der Waals surface area contributed by atoms with Gasteiger partial charge in [-0.3, -0.25) is 0 Å². The number of rotatable bonds is 4. The number of fused-ring (bicyclic) bond motifs is 3. The number of ether oxygens (including phenoxy) is 1. The molecule has 7 heteroatoms. The lowest BCUT2D eigenvalue weighted by atomic mass is 9.95. The van der Waals surface area contributed by atoms with Crippen molar-refractivity contribution >= 4 is 33.3 Å². The second-order valence-corrected chi connectivity index (χ2v) is 9.87. The molecule has 27 heavy (non-hydrogen) atoms. The van der Waals surface area contributed by atoms with Crippen molar-refractivity contribution in [3.05, 3.63) is 40.0 Å². The number of thioether (sulfide) groups is 1. The van der Waals surface area contributed by atoms with Crippen LogP contribution in [0, 0.1) is 13.8 Å². The van der Waals surface area contributed by atoms with Crippen LogP contribution in [0.1, 0.15) is 42.6 Å². The molecule has 0 saturated heterocycles. The molecule has 0 aliphatic carbocycles. The van der Waals surface area contributed by atoms with Gasteiger partial charge >= 0.3 is 0 Å². The summed E-state index contributed by atoms with van der Waals surface area (Å²) in [6.45, 7) is 15.0. The van der Waals surface area contributed by atoms with Gasteiger partial charge in [0, 0.05) is 28.1 Å². The van der Waals surface area contributed by atoms with E-state index < -0.39 is 0 Å². The summed E-state index contributed by atoms with van der Waals surface area (Å²) < 4.78 is 7.85. The highest BCUT2D eigenvalue weighted by Crippen LogP contribution is 2.42. The van der Waals surface area contributed by atoms with Gasteiger partial charge < -0.3 is 4.74 Å². The minimum absolute atomic E-state index is 0.161. The van der Waals surface area contributed by atoms with Crippen LogP contribution in [-0.4, -0.2) is 31.1 Å². The van der Waals surface area contributed by atoms with E-state index in [2.05, 4.69) is 25.5 Å². The Morgan fingerprint density at radius 1 is 1.37 bits per heavy atom. The van der Waals surface area contributed by atoms with Crippen LogP contribution in [0.25, 0.3) is 16.2 Å². The van der Waals surface area contributed by atoms with E-state index in [0.717, 1.165) is 39.0 Å². The summed E-state index contributed by atoms with van der Waals surface area (Å²) in [6.07, 6.45) is 0.881. The first-order valence-corrected chi connectivity index (χ1v) is 10.8. The molecule has 0 saturated carbocycles. The summed E-state index contributed by atoms with van der Waals surface area (Å²) in [4.78, 5) is 12.1. The van der Waals surface area contributed by atoms with Crippen LogP contribution in [0.2, 0.25) is 0 Å². The second kappa shape index (κ2) is 6.72. The third-order valence-electron chi connectivity index (χ3n) is 4.54. The SMILES string of the molecule is C=C(C)CSc1nc(-n2nc(C)cc2C)nc2sc3c(c12)CC(C)(C)OC3. The Kier molecular flexibility index (Phi) is 4.64. The first-order chi connectivity index (χ1) is 12.7. The van der Waals surface area contributed by atoms with E-state index in [1.54, 1.807) is 23.1 Å². The van der Waals surface area contributed by atoms with Crippen LogP contribution in [0.15, 0.2) is 23.2 Å². The molecule has 1 aliphatic rings. The molecule has 4 heterocycles. The first kappa shape index (κ1) is 18.7. The molecule has 3 aromatic heterocycles. The van der Waals surface area contributed by atoms with E-state index in [1.165, 1.54) is 15.8 Å². The molecule has 0 spiro atoms. The zero-order chi connectivity index (χ0) is 19.3. The molecule has 142 valence electrons. The summed E-state index contributed by atoms with van der Waals surface area (Å²) in [5.74, 6) is 1.48. The molecule has 4 rings (SSSR count). The highest BCUT2D eigenvalue weighted by atomic mass is 32.2. The summed E-state index contributed by atoms with van der Waals surface area (Å²) in [5.41, 5.74) is 4.31. The normalized spacial score (nSPS) is 15.9. The van der Waals surface area contributed by atoms with Gasteiger partial charge in [0.05, 0.1) is 17.9 Å². The predicted molar refractivity (Wildman–Crippen MR) is 112 cm³/mol. The van der Waals surface area contributed by atoms with Gasteiger partial charge in [0.25, 0.3) is 5.95 Å². The molecule has 3 aromatic rings. The van der Waals surface area contributed by atoms with E-state index in [9.17, 15) is 0 Å². The van der Waals surface area contributed by atoms with Gasteiger partial charge in [-0.1, -0.05) is 12.2 Å². The van der Waals surface area contributed by atoms with Crippen molar-refractivity contribution in [2.75, 3.05) is 5.75 Å². The zero-order valence-corrected chi connectivity index (χ0v) is 18.1. The Bertz CT molecular complexity index is 1050. The van der Waals surface area contributed by atoms with Crippen molar-refractivity contribution in [3.63, 3.8) is 0 Å². The average Bonchev–Trinajstić information content (AvgIpc) is 3.10. The maximum atomic E-state index is 6.02. The van der Waals surface area contributed by atoms with Gasteiger partial charge in [-0.05, 0) is 46.2 Å². The van der Waals surface area contributed by atoms with Crippen LogP contribution < -0.4 is 0 Å². The maximum absolute atomic E-state index is 6.02. The fraction of sp³-hybridized carbons (Fsp3) is 0.450. The highest BCUT2D eigenvalue weighted by molar-refractivity contribution is 7.99. The second-order valence-electron chi connectivity index (χ2n) is 7.82. The molecular formula is C20H24N4OS2. The Hall–Kier alpha value is -1.70. The third-order valence-corrected chi connectivity index (χ3v) is 6.85. The minimum atomic E-state index is -0.161. The van der Waals surface area contributed by atoms with E-state index in [0.29, 0.717) is 12.6 Å². The van der Waals surface area contributed by atoms with Gasteiger partial charge in [0.2, 0.25) is 0 Å². The molecule has 0 N–H and O–H groups in total. The quantitative estimate of drug-likeness (QED) is 0.350. The van der Waals surface area contributed by atoms with Gasteiger partial charge in [0.15, 0.2) is 0 Å². The molecule has 0 radical (unpaired) electrons. The number of nitrogens with zero attached hydrogens (tertiary/aromatic N) is 4. The molecule has 0 atom stereocenters. The lowest BCUT2D eigenvalue weighted by molar-refractivity contribution is -0.0379. The number of aromatic nitrogens is 4. The molecule has 0 amide bonds. The maximum Gasteiger partial charge on any atom is 0.253 e. The number of aryl methyl sites for hydroxylation is 2. The largest absolute Gasteiger partial charge is 0.370 e. The van der Waals surface area contributed by atoms with Crippen molar-refractivity contribution in [1.82, 2.24) is 19.7 Å². The lowest BCUT2D eigenvalue weighted by Crippen LogP contribution is -2.31. The zero-order valence-electron chi connectivity index (χ0n) is 16.4. The van der Waals surface area contributed by atoms with Crippen molar-refractivity contribution in [3.8, 4) is 5.95 Å². The van der Waals surface area contributed by atoms with Crippen LogP contribution >= 0.6 is 23.1 Å². The Labute approximate surface area is 167 Å². The van der Waals surface area contributed by atoms with Crippen LogP contribution in [0.5, 0.6) is 0 Å². The molecule has 0 bridgehead atoms. The fourth-order valence-electron chi connectivity index (χ4n) is 3.32. The summed E-state index contributed by atoms with van der Waals surface area (Å²) in [5, 5.41) is 6.77. The van der Waals surface area contributed by atoms with Crippen molar-refractivity contribution < 1.29 is 4.74 Å². The molecular weight excluding hydrogens is 376 g/mol.